The van der Waals surface area contributed by atoms with Crippen LogP contribution in [0, 0.1) is 5.92 Å². The number of aryl methyl sites for hydroxylation is 1. The Balaban J connectivity index is 1.75. The molecular weight excluding hydrogens is 426 g/mol. The van der Waals surface area contributed by atoms with Gasteiger partial charge in [0.05, 0.1) is 38.1 Å². The van der Waals surface area contributed by atoms with Crippen molar-refractivity contribution in [1.82, 2.24) is 24.8 Å². The molecule has 0 spiro atoms. The number of benzene rings is 1. The summed E-state index contributed by atoms with van der Waals surface area (Å²) in [5, 5.41) is 17.9. The smallest absolute Gasteiger partial charge is 0.410 e. The Bertz CT molecular complexity index is 906. The first-order valence-electron chi connectivity index (χ1n) is 11.3. The molecule has 2 bridgehead atoms. The minimum Gasteiger partial charge on any atom is -0.410 e. The summed E-state index contributed by atoms with van der Waals surface area (Å²) in [6.07, 6.45) is 1.89. The molecule has 0 fully saturated rings. The van der Waals surface area contributed by atoms with Crippen LogP contribution in [-0.2, 0) is 22.7 Å². The Morgan fingerprint density at radius 3 is 2.85 bits per heavy atom. The van der Waals surface area contributed by atoms with Crippen molar-refractivity contribution in [3.05, 3.63) is 42.2 Å². The number of amides is 2. The second-order valence-corrected chi connectivity index (χ2v) is 8.54. The van der Waals surface area contributed by atoms with Gasteiger partial charge >= 0.3 is 6.09 Å². The van der Waals surface area contributed by atoms with Crippen molar-refractivity contribution in [2.45, 2.75) is 52.0 Å². The number of ether oxygens (including phenoxy) is 2. The summed E-state index contributed by atoms with van der Waals surface area (Å²) in [7, 11) is 1.65. The van der Waals surface area contributed by atoms with Crippen molar-refractivity contribution >= 4 is 12.0 Å². The molecule has 0 saturated heterocycles. The molecular formula is C23H33N5O5. The zero-order chi connectivity index (χ0) is 23.8. The third-order valence-electron chi connectivity index (χ3n) is 5.76. The van der Waals surface area contributed by atoms with Crippen LogP contribution >= 0.6 is 0 Å². The highest BCUT2D eigenvalue weighted by Gasteiger charge is 2.29. The van der Waals surface area contributed by atoms with E-state index >= 15 is 0 Å². The van der Waals surface area contributed by atoms with Gasteiger partial charge in [0.15, 0.2) is 0 Å². The quantitative estimate of drug-likeness (QED) is 0.727. The minimum atomic E-state index is -0.498. The lowest BCUT2D eigenvalue weighted by Crippen LogP contribution is -2.48. The van der Waals surface area contributed by atoms with Gasteiger partial charge in [-0.1, -0.05) is 30.3 Å². The van der Waals surface area contributed by atoms with Gasteiger partial charge in [-0.15, -0.1) is 5.10 Å². The minimum absolute atomic E-state index is 0.0291. The van der Waals surface area contributed by atoms with Gasteiger partial charge in [-0.25, -0.2) is 4.79 Å². The molecule has 2 amide bonds. The van der Waals surface area contributed by atoms with Crippen molar-refractivity contribution in [2.24, 2.45) is 5.92 Å². The molecule has 2 heterocycles. The van der Waals surface area contributed by atoms with Crippen LogP contribution in [-0.4, -0.2) is 80.8 Å². The molecule has 0 radical (unpaired) electrons. The largest absolute Gasteiger partial charge is 0.415 e. The number of fused-ring (bicyclic) bond motifs is 2. The van der Waals surface area contributed by atoms with Gasteiger partial charge < -0.3 is 24.4 Å². The van der Waals surface area contributed by atoms with E-state index in [1.54, 1.807) is 40.9 Å². The maximum absolute atomic E-state index is 12.9. The first-order chi connectivity index (χ1) is 15.9. The predicted octanol–water partition coefficient (Wildman–Crippen LogP) is 1.93. The number of hydrogen-bond acceptors (Lipinski definition) is 7. The molecule has 0 saturated carbocycles. The summed E-state index contributed by atoms with van der Waals surface area (Å²) in [6, 6.07) is 8.55. The predicted molar refractivity (Wildman–Crippen MR) is 120 cm³/mol. The molecule has 1 N–H and O–H groups in total. The molecule has 3 rings (SSSR count). The van der Waals surface area contributed by atoms with Gasteiger partial charge in [0.25, 0.3) is 0 Å². The van der Waals surface area contributed by atoms with Gasteiger partial charge in [0, 0.05) is 32.5 Å². The van der Waals surface area contributed by atoms with Crippen molar-refractivity contribution in [3.8, 4) is 5.75 Å². The fraction of sp³-hybridized carbons (Fsp3) is 0.565. The van der Waals surface area contributed by atoms with E-state index in [-0.39, 0.29) is 37.6 Å². The summed E-state index contributed by atoms with van der Waals surface area (Å²) in [6.45, 7) is 5.15. The topological polar surface area (TPSA) is 110 Å². The number of carbonyl (C=O) groups is 2. The van der Waals surface area contributed by atoms with E-state index in [1.165, 1.54) is 4.90 Å². The average Bonchev–Trinajstić information content (AvgIpc) is 3.27. The zero-order valence-electron chi connectivity index (χ0n) is 19.5. The normalized spacial score (nSPS) is 20.8. The van der Waals surface area contributed by atoms with E-state index in [0.29, 0.717) is 37.4 Å². The lowest BCUT2D eigenvalue weighted by molar-refractivity contribution is -0.136. The Labute approximate surface area is 194 Å². The van der Waals surface area contributed by atoms with Gasteiger partial charge in [0.1, 0.15) is 11.4 Å². The van der Waals surface area contributed by atoms with Crippen molar-refractivity contribution in [1.29, 1.82) is 0 Å². The van der Waals surface area contributed by atoms with Crippen LogP contribution in [0.3, 0.4) is 0 Å². The SMILES string of the molecule is C[C@H]1CN([C@@H](C)CO)C(=O)CCCn2cc(nn2)CO[C@@H]1CN(C)C(=O)Oc1ccccc1. The summed E-state index contributed by atoms with van der Waals surface area (Å²) in [5.74, 6) is 0.313. The van der Waals surface area contributed by atoms with Crippen LogP contribution in [0.4, 0.5) is 4.79 Å². The summed E-state index contributed by atoms with van der Waals surface area (Å²) in [5.41, 5.74) is 0.688. The van der Waals surface area contributed by atoms with E-state index in [1.807, 2.05) is 26.1 Å². The Hall–Kier alpha value is -2.98. The molecule has 1 aliphatic rings. The number of rotatable bonds is 5. The van der Waals surface area contributed by atoms with E-state index in [0.717, 1.165) is 0 Å². The summed E-state index contributed by atoms with van der Waals surface area (Å²) >= 11 is 0. The number of aromatic nitrogens is 3. The molecule has 10 heteroatoms. The number of aliphatic hydroxyl groups is 1. The van der Waals surface area contributed by atoms with Crippen molar-refractivity contribution in [2.75, 3.05) is 26.7 Å². The fourth-order valence-corrected chi connectivity index (χ4v) is 3.70. The molecule has 2 aromatic rings. The number of nitrogens with zero attached hydrogens (tertiary/aromatic N) is 5. The third kappa shape index (κ3) is 7.00. The molecule has 1 aliphatic heterocycles. The lowest BCUT2D eigenvalue weighted by Gasteiger charge is -2.35. The highest BCUT2D eigenvalue weighted by atomic mass is 16.6. The van der Waals surface area contributed by atoms with Crippen LogP contribution in [0.5, 0.6) is 5.75 Å². The Morgan fingerprint density at radius 1 is 1.36 bits per heavy atom. The number of carbonyl (C=O) groups excluding carboxylic acids is 2. The highest BCUT2D eigenvalue weighted by molar-refractivity contribution is 5.76. The van der Waals surface area contributed by atoms with Crippen LogP contribution in [0.25, 0.3) is 0 Å². The zero-order valence-corrected chi connectivity index (χ0v) is 19.5. The fourth-order valence-electron chi connectivity index (χ4n) is 3.70. The molecule has 3 atom stereocenters. The van der Waals surface area contributed by atoms with Crippen molar-refractivity contribution in [3.63, 3.8) is 0 Å². The first-order valence-corrected chi connectivity index (χ1v) is 11.3. The molecule has 0 aliphatic carbocycles. The molecule has 33 heavy (non-hydrogen) atoms. The Morgan fingerprint density at radius 2 is 2.12 bits per heavy atom. The van der Waals surface area contributed by atoms with Gasteiger partial charge in [-0.2, -0.15) is 0 Å². The summed E-state index contributed by atoms with van der Waals surface area (Å²) in [4.78, 5) is 28.7. The number of aliphatic hydroxyl groups excluding tert-OH is 1. The second-order valence-electron chi connectivity index (χ2n) is 8.54. The number of likely N-dealkylation sites (N-methyl/N-ethyl adjacent to an activating group) is 1. The van der Waals surface area contributed by atoms with E-state index < -0.39 is 12.2 Å². The van der Waals surface area contributed by atoms with Gasteiger partial charge in [-0.05, 0) is 25.5 Å². The van der Waals surface area contributed by atoms with Crippen molar-refractivity contribution < 1.29 is 24.2 Å². The van der Waals surface area contributed by atoms with Crippen LogP contribution in [0.2, 0.25) is 0 Å². The number of hydrogen-bond donors (Lipinski definition) is 1. The van der Waals surface area contributed by atoms with E-state index in [9.17, 15) is 14.7 Å². The van der Waals surface area contributed by atoms with Gasteiger partial charge in [0.2, 0.25) is 5.91 Å². The van der Waals surface area contributed by atoms with E-state index in [4.69, 9.17) is 9.47 Å². The standard InChI is InChI=1S/C23H33N5O5/c1-17-12-28(18(2)15-29)22(30)10-7-11-27-13-19(24-25-27)16-32-21(17)14-26(3)23(31)33-20-8-5-4-6-9-20/h4-6,8-9,13,17-18,21,29H,7,10-12,14-16H2,1-3H3/t17-,18-,21+/m0/s1. The maximum atomic E-state index is 12.9. The van der Waals surface area contributed by atoms with Gasteiger partial charge in [-0.3, -0.25) is 9.48 Å². The average molecular weight is 460 g/mol. The highest BCUT2D eigenvalue weighted by Crippen LogP contribution is 2.18. The molecule has 0 unspecified atom stereocenters. The molecule has 1 aromatic heterocycles. The third-order valence-corrected chi connectivity index (χ3v) is 5.76. The molecule has 180 valence electrons. The Kier molecular flexibility index (Phi) is 8.79. The van der Waals surface area contributed by atoms with Crippen LogP contribution in [0.15, 0.2) is 36.5 Å². The van der Waals surface area contributed by atoms with Crippen LogP contribution in [0.1, 0.15) is 32.4 Å². The number of para-hydroxylation sites is 1. The summed E-state index contributed by atoms with van der Waals surface area (Å²) < 4.78 is 13.3. The lowest BCUT2D eigenvalue weighted by atomic mass is 10.0. The molecule has 10 nitrogen and oxygen atoms in total. The monoisotopic (exact) mass is 459 g/mol. The van der Waals surface area contributed by atoms with E-state index in [2.05, 4.69) is 10.3 Å². The van der Waals surface area contributed by atoms with Crippen LogP contribution < -0.4 is 4.74 Å². The molecule has 1 aromatic carbocycles. The second kappa shape index (κ2) is 11.8. The maximum Gasteiger partial charge on any atom is 0.415 e. The first kappa shape index (κ1) is 24.7.